The Hall–Kier alpha value is -3.08. The van der Waals surface area contributed by atoms with E-state index in [0.29, 0.717) is 12.5 Å². The number of ether oxygens (including phenoxy) is 1. The fourth-order valence-electron chi connectivity index (χ4n) is 3.84. The maximum absolute atomic E-state index is 14.8. The Bertz CT molecular complexity index is 1170. The highest BCUT2D eigenvalue weighted by Crippen LogP contribution is 2.37. The molecule has 0 radical (unpaired) electrons. The van der Waals surface area contributed by atoms with E-state index in [9.17, 15) is 17.2 Å². The van der Waals surface area contributed by atoms with Gasteiger partial charge in [0.15, 0.2) is 11.6 Å². The number of anilines is 1. The summed E-state index contributed by atoms with van der Waals surface area (Å²) < 4.78 is 64.2. The van der Waals surface area contributed by atoms with Crippen LogP contribution in [0.2, 0.25) is 0 Å². The summed E-state index contributed by atoms with van der Waals surface area (Å²) in [5.74, 6) is -2.48. The van der Waals surface area contributed by atoms with Crippen molar-refractivity contribution in [2.24, 2.45) is 7.05 Å². The van der Waals surface area contributed by atoms with E-state index in [1.165, 1.54) is 12.3 Å². The summed E-state index contributed by atoms with van der Waals surface area (Å²) >= 11 is 0. The number of aryl methyl sites for hydroxylation is 1. The van der Waals surface area contributed by atoms with Gasteiger partial charge in [0.2, 0.25) is 0 Å². The lowest BCUT2D eigenvalue weighted by Crippen LogP contribution is -2.30. The number of hydrogen-bond donors (Lipinski definition) is 1. The van der Waals surface area contributed by atoms with Crippen LogP contribution in [0.4, 0.5) is 14.6 Å². The third kappa shape index (κ3) is 4.50. The lowest BCUT2D eigenvalue weighted by atomic mass is 9.84. The van der Waals surface area contributed by atoms with Gasteiger partial charge in [-0.25, -0.2) is 27.2 Å². The molecule has 1 aliphatic carbocycles. The van der Waals surface area contributed by atoms with Crippen LogP contribution in [0.1, 0.15) is 37.3 Å². The summed E-state index contributed by atoms with van der Waals surface area (Å²) in [7, 11) is -2.57. The van der Waals surface area contributed by atoms with E-state index in [4.69, 9.17) is 4.74 Å². The van der Waals surface area contributed by atoms with Gasteiger partial charge in [0.25, 0.3) is 10.0 Å². The molecule has 1 saturated carbocycles. The van der Waals surface area contributed by atoms with Gasteiger partial charge in [0.1, 0.15) is 29.0 Å². The fourth-order valence-corrected chi connectivity index (χ4v) is 4.92. The quantitative estimate of drug-likeness (QED) is 0.619. The third-order valence-electron chi connectivity index (χ3n) is 5.32. The summed E-state index contributed by atoms with van der Waals surface area (Å²) in [6, 6.07) is 4.58. The van der Waals surface area contributed by atoms with Crippen molar-refractivity contribution < 1.29 is 21.9 Å². The molecule has 3 aromatic rings. The SMILES string of the molecule is Cn1nccc1[C@H]1CCCC[C@@H]1Oc1cc(F)c(S(=O)(=O)Nc2ccncn2)cc1F. The molecule has 11 heteroatoms. The normalized spacial score (nSPS) is 19.2. The highest BCUT2D eigenvalue weighted by molar-refractivity contribution is 7.92. The van der Waals surface area contributed by atoms with Crippen LogP contribution in [0.15, 0.2) is 47.9 Å². The molecule has 1 N–H and O–H groups in total. The number of nitrogens with one attached hydrogen (secondary N) is 1. The summed E-state index contributed by atoms with van der Waals surface area (Å²) in [5, 5.41) is 4.18. The van der Waals surface area contributed by atoms with E-state index in [2.05, 4.69) is 19.8 Å². The van der Waals surface area contributed by atoms with Crippen LogP contribution in [-0.4, -0.2) is 34.3 Å². The molecule has 0 bridgehead atoms. The van der Waals surface area contributed by atoms with Crippen molar-refractivity contribution in [3.8, 4) is 5.75 Å². The van der Waals surface area contributed by atoms with E-state index in [1.807, 2.05) is 13.1 Å². The van der Waals surface area contributed by atoms with Gasteiger partial charge in [0.05, 0.1) is 0 Å². The van der Waals surface area contributed by atoms with E-state index in [1.54, 1.807) is 10.9 Å². The Labute approximate surface area is 178 Å². The van der Waals surface area contributed by atoms with Crippen LogP contribution in [0.25, 0.3) is 0 Å². The zero-order valence-corrected chi connectivity index (χ0v) is 17.5. The van der Waals surface area contributed by atoms with Crippen LogP contribution in [-0.2, 0) is 17.1 Å². The molecule has 8 nitrogen and oxygen atoms in total. The minimum atomic E-state index is -4.39. The average molecular weight is 449 g/mol. The molecule has 31 heavy (non-hydrogen) atoms. The Morgan fingerprint density at radius 3 is 2.65 bits per heavy atom. The van der Waals surface area contributed by atoms with Crippen LogP contribution in [0.3, 0.4) is 0 Å². The first-order valence-electron chi connectivity index (χ1n) is 9.77. The smallest absolute Gasteiger partial charge is 0.266 e. The molecule has 0 saturated heterocycles. The van der Waals surface area contributed by atoms with Gasteiger partial charge < -0.3 is 4.74 Å². The molecule has 4 rings (SSSR count). The minimum Gasteiger partial charge on any atom is -0.487 e. The molecule has 2 heterocycles. The highest BCUT2D eigenvalue weighted by atomic mass is 32.2. The minimum absolute atomic E-state index is 0.0217. The van der Waals surface area contributed by atoms with E-state index < -0.39 is 26.6 Å². The maximum atomic E-state index is 14.8. The molecule has 0 unspecified atom stereocenters. The molecule has 1 aliphatic rings. The van der Waals surface area contributed by atoms with Crippen LogP contribution >= 0.6 is 0 Å². The second-order valence-corrected chi connectivity index (χ2v) is 8.99. The number of halogens is 2. The number of benzene rings is 1. The summed E-state index contributed by atoms with van der Waals surface area (Å²) in [6.07, 6.45) is 7.17. The van der Waals surface area contributed by atoms with Crippen molar-refractivity contribution in [2.45, 2.75) is 42.6 Å². The van der Waals surface area contributed by atoms with Crippen molar-refractivity contribution in [3.05, 3.63) is 60.3 Å². The predicted molar refractivity (Wildman–Crippen MR) is 108 cm³/mol. The van der Waals surface area contributed by atoms with E-state index in [-0.39, 0.29) is 23.6 Å². The molecule has 2 aromatic heterocycles. The molecular weight excluding hydrogens is 428 g/mol. The largest absolute Gasteiger partial charge is 0.487 e. The summed E-state index contributed by atoms with van der Waals surface area (Å²) in [5.41, 5.74) is 0.957. The lowest BCUT2D eigenvalue weighted by Gasteiger charge is -2.32. The molecule has 1 fully saturated rings. The Morgan fingerprint density at radius 2 is 1.94 bits per heavy atom. The molecule has 0 aliphatic heterocycles. The van der Waals surface area contributed by atoms with E-state index >= 15 is 0 Å². The summed E-state index contributed by atoms with van der Waals surface area (Å²) in [6.45, 7) is 0. The maximum Gasteiger partial charge on any atom is 0.266 e. The predicted octanol–water partition coefficient (Wildman–Crippen LogP) is 3.39. The zero-order valence-electron chi connectivity index (χ0n) is 16.7. The fraction of sp³-hybridized carbons (Fsp3) is 0.350. The molecule has 0 amide bonds. The lowest BCUT2D eigenvalue weighted by molar-refractivity contribution is 0.120. The Morgan fingerprint density at radius 1 is 1.13 bits per heavy atom. The van der Waals surface area contributed by atoms with Gasteiger partial charge in [-0.2, -0.15) is 5.10 Å². The van der Waals surface area contributed by atoms with Gasteiger partial charge in [-0.3, -0.25) is 9.40 Å². The first-order chi connectivity index (χ1) is 14.8. The first-order valence-corrected chi connectivity index (χ1v) is 11.3. The molecular formula is C20H21F2N5O3S. The molecule has 0 spiro atoms. The zero-order chi connectivity index (χ0) is 22.0. The molecule has 1 aromatic carbocycles. The van der Waals surface area contributed by atoms with Crippen molar-refractivity contribution >= 4 is 15.8 Å². The second kappa shape index (κ2) is 8.58. The van der Waals surface area contributed by atoms with Crippen molar-refractivity contribution in [1.82, 2.24) is 19.7 Å². The number of nitrogens with zero attached hydrogens (tertiary/aromatic N) is 4. The van der Waals surface area contributed by atoms with Crippen LogP contribution in [0, 0.1) is 11.6 Å². The second-order valence-electron chi connectivity index (χ2n) is 7.34. The number of rotatable bonds is 6. The third-order valence-corrected chi connectivity index (χ3v) is 6.69. The number of aromatic nitrogens is 4. The Kier molecular flexibility index (Phi) is 5.86. The van der Waals surface area contributed by atoms with Gasteiger partial charge in [-0.05, 0) is 31.4 Å². The number of sulfonamides is 1. The van der Waals surface area contributed by atoms with E-state index in [0.717, 1.165) is 37.4 Å². The van der Waals surface area contributed by atoms with Crippen LogP contribution < -0.4 is 9.46 Å². The van der Waals surface area contributed by atoms with Crippen molar-refractivity contribution in [2.75, 3.05) is 4.72 Å². The standard InChI is InChI=1S/C20H21F2N5O3S/c1-27-16(6-9-25-27)13-4-2-3-5-17(13)30-18-10-15(22)19(11-14(18)21)31(28,29)26-20-7-8-23-12-24-20/h6-13,17H,2-5H2,1H3,(H,23,24,26)/t13-,17+/m1/s1. The summed E-state index contributed by atoms with van der Waals surface area (Å²) in [4.78, 5) is 6.57. The first kappa shape index (κ1) is 21.2. The molecule has 164 valence electrons. The molecule has 2 atom stereocenters. The van der Waals surface area contributed by atoms with Gasteiger partial charge in [-0.1, -0.05) is 6.42 Å². The average Bonchev–Trinajstić information content (AvgIpc) is 3.17. The monoisotopic (exact) mass is 449 g/mol. The van der Waals surface area contributed by atoms with Gasteiger partial charge in [-0.15, -0.1) is 0 Å². The highest BCUT2D eigenvalue weighted by Gasteiger charge is 2.32. The van der Waals surface area contributed by atoms with Gasteiger partial charge >= 0.3 is 0 Å². The van der Waals surface area contributed by atoms with Crippen molar-refractivity contribution in [1.29, 1.82) is 0 Å². The van der Waals surface area contributed by atoms with Gasteiger partial charge in [0, 0.05) is 43.2 Å². The topological polar surface area (TPSA) is 99.0 Å². The van der Waals surface area contributed by atoms with Crippen LogP contribution in [0.5, 0.6) is 5.75 Å². The van der Waals surface area contributed by atoms with Crippen molar-refractivity contribution in [3.63, 3.8) is 0 Å². The Balaban J connectivity index is 1.59. The number of hydrogen-bond acceptors (Lipinski definition) is 6.